The van der Waals surface area contributed by atoms with Crippen molar-refractivity contribution in [1.82, 2.24) is 0 Å². The fraction of sp³-hybridized carbons (Fsp3) is 0.0400. The highest BCUT2D eigenvalue weighted by Gasteiger charge is 2.06. The highest BCUT2D eigenvalue weighted by atomic mass is 79.9. The van der Waals surface area contributed by atoms with Gasteiger partial charge >= 0.3 is 0 Å². The van der Waals surface area contributed by atoms with E-state index in [9.17, 15) is 0 Å². The van der Waals surface area contributed by atoms with Crippen LogP contribution in [0.3, 0.4) is 0 Å². The first-order chi connectivity index (χ1) is 13.8. The van der Waals surface area contributed by atoms with Gasteiger partial charge in [-0.1, -0.05) is 76.6 Å². The van der Waals surface area contributed by atoms with E-state index in [2.05, 4.69) is 46.3 Å². The van der Waals surface area contributed by atoms with Crippen LogP contribution >= 0.6 is 15.9 Å². The molecule has 4 aromatic carbocycles. The summed E-state index contributed by atoms with van der Waals surface area (Å²) in [6.07, 6.45) is 0. The van der Waals surface area contributed by atoms with Gasteiger partial charge in [-0.3, -0.25) is 0 Å². The van der Waals surface area contributed by atoms with Gasteiger partial charge in [-0.25, -0.2) is 0 Å². The van der Waals surface area contributed by atoms with Crippen molar-refractivity contribution in [1.29, 1.82) is 0 Å². The van der Waals surface area contributed by atoms with Crippen LogP contribution in [0, 0.1) is 0 Å². The van der Waals surface area contributed by atoms with Crippen molar-refractivity contribution in [2.24, 2.45) is 0 Å². The van der Waals surface area contributed by atoms with E-state index in [1.807, 2.05) is 60.7 Å². The Kier molecular flexibility index (Phi) is 4.38. The molecule has 6 aromatic rings. The SMILES string of the molecule is BrCc1ccc2oc3ccccc3c2c1.c1ccc2c(c1)oc1ccccc12. The summed E-state index contributed by atoms with van der Waals surface area (Å²) in [5.41, 5.74) is 5.11. The summed E-state index contributed by atoms with van der Waals surface area (Å²) in [7, 11) is 0. The van der Waals surface area contributed by atoms with Crippen LogP contribution in [0.1, 0.15) is 5.56 Å². The normalized spacial score (nSPS) is 11.2. The number of alkyl halides is 1. The zero-order valence-corrected chi connectivity index (χ0v) is 16.6. The summed E-state index contributed by atoms with van der Waals surface area (Å²) < 4.78 is 11.4. The van der Waals surface area contributed by atoms with Crippen LogP contribution in [0.2, 0.25) is 0 Å². The summed E-state index contributed by atoms with van der Waals surface area (Å²) >= 11 is 3.46. The molecule has 0 spiro atoms. The number of rotatable bonds is 1. The van der Waals surface area contributed by atoms with E-state index in [-0.39, 0.29) is 0 Å². The Morgan fingerprint density at radius 2 is 0.929 bits per heavy atom. The van der Waals surface area contributed by atoms with Gasteiger partial charge < -0.3 is 8.83 Å². The molecule has 0 aliphatic carbocycles. The van der Waals surface area contributed by atoms with E-state index < -0.39 is 0 Å². The van der Waals surface area contributed by atoms with Crippen LogP contribution in [0.15, 0.2) is 99.8 Å². The van der Waals surface area contributed by atoms with Crippen LogP contribution in [0.25, 0.3) is 43.9 Å². The third-order valence-electron chi connectivity index (χ3n) is 4.88. The van der Waals surface area contributed by atoms with E-state index in [1.165, 1.54) is 27.1 Å². The second-order valence-corrected chi connectivity index (χ2v) is 7.22. The number of hydrogen-bond donors (Lipinski definition) is 0. The quantitative estimate of drug-likeness (QED) is 0.247. The first-order valence-corrected chi connectivity index (χ1v) is 10.3. The molecule has 2 aromatic heterocycles. The highest BCUT2D eigenvalue weighted by molar-refractivity contribution is 9.08. The van der Waals surface area contributed by atoms with Crippen LogP contribution in [-0.2, 0) is 5.33 Å². The minimum absolute atomic E-state index is 0.877. The summed E-state index contributed by atoms with van der Waals surface area (Å²) in [4.78, 5) is 0. The van der Waals surface area contributed by atoms with E-state index in [0.717, 1.165) is 27.7 Å². The third kappa shape index (κ3) is 2.98. The van der Waals surface area contributed by atoms with Gasteiger partial charge in [0.2, 0.25) is 0 Å². The monoisotopic (exact) mass is 428 g/mol. The Morgan fingerprint density at radius 3 is 1.43 bits per heavy atom. The smallest absolute Gasteiger partial charge is 0.135 e. The van der Waals surface area contributed by atoms with Crippen molar-refractivity contribution in [2.45, 2.75) is 5.33 Å². The molecular weight excluding hydrogens is 412 g/mol. The minimum atomic E-state index is 0.877. The molecular formula is C25H17BrO2. The van der Waals surface area contributed by atoms with E-state index in [1.54, 1.807) is 0 Å². The summed E-state index contributed by atoms with van der Waals surface area (Å²) in [6, 6.07) is 30.6. The average Bonchev–Trinajstić information content (AvgIpc) is 3.32. The molecule has 0 bridgehead atoms. The van der Waals surface area contributed by atoms with Crippen molar-refractivity contribution in [3.05, 3.63) is 96.6 Å². The molecule has 0 aliphatic rings. The maximum atomic E-state index is 5.74. The van der Waals surface area contributed by atoms with Crippen molar-refractivity contribution in [3.63, 3.8) is 0 Å². The van der Waals surface area contributed by atoms with Crippen LogP contribution in [0.5, 0.6) is 0 Å². The Morgan fingerprint density at radius 1 is 0.500 bits per heavy atom. The van der Waals surface area contributed by atoms with Gasteiger partial charge in [-0.05, 0) is 35.9 Å². The zero-order valence-electron chi connectivity index (χ0n) is 15.1. The van der Waals surface area contributed by atoms with Crippen molar-refractivity contribution < 1.29 is 8.83 Å². The molecule has 28 heavy (non-hydrogen) atoms. The summed E-state index contributed by atoms with van der Waals surface area (Å²) in [5.74, 6) is 0. The van der Waals surface area contributed by atoms with Crippen LogP contribution in [0.4, 0.5) is 0 Å². The zero-order chi connectivity index (χ0) is 18.9. The molecule has 0 atom stereocenters. The molecule has 136 valence electrons. The average molecular weight is 429 g/mol. The first kappa shape index (κ1) is 17.1. The first-order valence-electron chi connectivity index (χ1n) is 9.16. The van der Waals surface area contributed by atoms with Gasteiger partial charge in [-0.15, -0.1) is 0 Å². The molecule has 0 saturated carbocycles. The van der Waals surface area contributed by atoms with Crippen molar-refractivity contribution in [3.8, 4) is 0 Å². The number of hydrogen-bond acceptors (Lipinski definition) is 2. The summed E-state index contributed by atoms with van der Waals surface area (Å²) in [5, 5.41) is 5.65. The molecule has 0 unspecified atom stereocenters. The predicted octanol–water partition coefficient (Wildman–Crippen LogP) is 8.07. The molecule has 0 radical (unpaired) electrons. The highest BCUT2D eigenvalue weighted by Crippen LogP contribution is 2.29. The number of fused-ring (bicyclic) bond motifs is 6. The lowest BCUT2D eigenvalue weighted by Crippen LogP contribution is -1.74. The molecule has 2 nitrogen and oxygen atoms in total. The lowest BCUT2D eigenvalue weighted by Gasteiger charge is -1.94. The fourth-order valence-corrected chi connectivity index (χ4v) is 3.88. The van der Waals surface area contributed by atoms with Crippen molar-refractivity contribution in [2.75, 3.05) is 0 Å². The van der Waals surface area contributed by atoms with Gasteiger partial charge in [0.1, 0.15) is 22.3 Å². The lowest BCUT2D eigenvalue weighted by molar-refractivity contribution is 0.668. The maximum Gasteiger partial charge on any atom is 0.135 e. The Labute approximate surface area is 170 Å². The fourth-order valence-electron chi connectivity index (χ4n) is 3.53. The topological polar surface area (TPSA) is 26.3 Å². The largest absolute Gasteiger partial charge is 0.456 e. The molecule has 0 fully saturated rings. The number of furan rings is 2. The van der Waals surface area contributed by atoms with E-state index in [4.69, 9.17) is 8.83 Å². The molecule has 6 rings (SSSR count). The van der Waals surface area contributed by atoms with Gasteiger partial charge in [-0.2, -0.15) is 0 Å². The van der Waals surface area contributed by atoms with Gasteiger partial charge in [0, 0.05) is 26.9 Å². The molecule has 0 aliphatic heterocycles. The van der Waals surface area contributed by atoms with E-state index >= 15 is 0 Å². The predicted molar refractivity (Wildman–Crippen MR) is 120 cm³/mol. The van der Waals surface area contributed by atoms with Gasteiger partial charge in [0.15, 0.2) is 0 Å². The second-order valence-electron chi connectivity index (χ2n) is 6.66. The Balaban J connectivity index is 0.000000123. The maximum absolute atomic E-state index is 5.74. The third-order valence-corrected chi connectivity index (χ3v) is 5.53. The Hall–Kier alpha value is -3.04. The van der Waals surface area contributed by atoms with Gasteiger partial charge in [0.25, 0.3) is 0 Å². The summed E-state index contributed by atoms with van der Waals surface area (Å²) in [6.45, 7) is 0. The molecule has 3 heteroatoms. The standard InChI is InChI=1S/C13H9BrO.C12H8O/c14-8-9-5-6-13-11(7-9)10-3-1-2-4-12(10)15-13;1-3-7-11-9(5-1)10-6-2-4-8-12(10)13-11/h1-7H,8H2;1-8H. The van der Waals surface area contributed by atoms with Gasteiger partial charge in [0.05, 0.1) is 0 Å². The van der Waals surface area contributed by atoms with E-state index in [0.29, 0.717) is 0 Å². The lowest BCUT2D eigenvalue weighted by atomic mass is 10.1. The number of halogens is 1. The van der Waals surface area contributed by atoms with Crippen LogP contribution < -0.4 is 0 Å². The minimum Gasteiger partial charge on any atom is -0.456 e. The molecule has 0 amide bonds. The molecule has 0 saturated heterocycles. The molecule has 2 heterocycles. The van der Waals surface area contributed by atoms with Crippen LogP contribution in [-0.4, -0.2) is 0 Å². The molecule has 0 N–H and O–H groups in total. The second kappa shape index (κ2) is 7.17. The van der Waals surface area contributed by atoms with Crippen molar-refractivity contribution >= 4 is 59.8 Å². The number of benzene rings is 4. The Bertz CT molecular complexity index is 1360. The number of para-hydroxylation sites is 3.